The molecule has 0 aliphatic heterocycles. The van der Waals surface area contributed by atoms with Crippen LogP contribution in [0.5, 0.6) is 0 Å². The van der Waals surface area contributed by atoms with E-state index in [4.69, 9.17) is 9.88 Å². The Kier molecular flexibility index (Phi) is 4.84. The molecule has 0 aromatic heterocycles. The summed E-state index contributed by atoms with van der Waals surface area (Å²) in [4.78, 5) is 11.0. The van der Waals surface area contributed by atoms with Crippen molar-refractivity contribution < 1.29 is 22.3 Å². The molecule has 1 unspecified atom stereocenters. The Morgan fingerprint density at radius 2 is 2.16 bits per heavy atom. The highest BCUT2D eigenvalue weighted by atomic mass is 32.2. The van der Waals surface area contributed by atoms with Gasteiger partial charge in [0.2, 0.25) is 10.0 Å². The van der Waals surface area contributed by atoms with E-state index in [1.807, 2.05) is 0 Å². The van der Waals surface area contributed by atoms with Gasteiger partial charge in [0.25, 0.3) is 0 Å². The number of esters is 1. The van der Waals surface area contributed by atoms with Gasteiger partial charge in [0, 0.05) is 0 Å². The first-order valence-electron chi connectivity index (χ1n) is 5.51. The van der Waals surface area contributed by atoms with E-state index < -0.39 is 27.9 Å². The number of sulfonamides is 1. The maximum atomic E-state index is 13.7. The number of halogens is 1. The molecular weight excluding hydrogens is 275 g/mol. The molecule has 0 fully saturated rings. The summed E-state index contributed by atoms with van der Waals surface area (Å²) in [5.74, 6) is -1.35. The smallest absolute Gasteiger partial charge is 0.328 e. The highest BCUT2D eigenvalue weighted by molar-refractivity contribution is 7.89. The van der Waals surface area contributed by atoms with Crippen LogP contribution < -0.4 is 10.5 Å². The minimum absolute atomic E-state index is 0.00652. The first-order chi connectivity index (χ1) is 8.75. The summed E-state index contributed by atoms with van der Waals surface area (Å²) in [6, 6.07) is 2.38. The van der Waals surface area contributed by atoms with E-state index in [1.165, 1.54) is 13.0 Å². The fourth-order valence-electron chi connectivity index (χ4n) is 1.35. The normalized spacial score (nSPS) is 12.8. The summed E-state index contributed by atoms with van der Waals surface area (Å²) in [6.45, 7) is 3.38. The van der Waals surface area contributed by atoms with Gasteiger partial charge in [-0.2, -0.15) is 0 Å². The third-order valence-corrected chi connectivity index (χ3v) is 3.19. The molecule has 0 bridgehead atoms. The van der Waals surface area contributed by atoms with Crippen molar-refractivity contribution in [3.63, 3.8) is 0 Å². The number of primary sulfonamides is 1. The summed E-state index contributed by atoms with van der Waals surface area (Å²) in [7, 11) is -3.95. The zero-order chi connectivity index (χ0) is 14.6. The number of hydrogen-bond acceptors (Lipinski definition) is 5. The van der Waals surface area contributed by atoms with E-state index in [9.17, 15) is 17.6 Å². The monoisotopic (exact) mass is 290 g/mol. The van der Waals surface area contributed by atoms with Crippen LogP contribution in [0, 0.1) is 5.82 Å². The zero-order valence-electron chi connectivity index (χ0n) is 10.5. The molecule has 0 spiro atoms. The van der Waals surface area contributed by atoms with Crippen LogP contribution in [-0.2, 0) is 19.6 Å². The van der Waals surface area contributed by atoms with Gasteiger partial charge in [-0.3, -0.25) is 0 Å². The predicted octanol–water partition coefficient (Wildman–Crippen LogP) is 0.837. The average Bonchev–Trinajstić information content (AvgIpc) is 2.30. The van der Waals surface area contributed by atoms with Crippen molar-refractivity contribution in [2.75, 3.05) is 11.9 Å². The van der Waals surface area contributed by atoms with Gasteiger partial charge in [-0.05, 0) is 32.0 Å². The standard InChI is InChI=1S/C11H15FN2O4S/c1-3-18-11(15)7(2)14-10-5-4-8(6-9(10)12)19(13,16)17/h4-7,14H,3H2,1-2H3,(H2,13,16,17). The van der Waals surface area contributed by atoms with Crippen molar-refractivity contribution in [3.05, 3.63) is 24.0 Å². The van der Waals surface area contributed by atoms with Gasteiger partial charge < -0.3 is 10.1 Å². The Balaban J connectivity index is 2.89. The van der Waals surface area contributed by atoms with Crippen LogP contribution >= 0.6 is 0 Å². The second-order valence-corrected chi connectivity index (χ2v) is 5.37. The van der Waals surface area contributed by atoms with Crippen LogP contribution in [0.3, 0.4) is 0 Å². The quantitative estimate of drug-likeness (QED) is 0.783. The second kappa shape index (κ2) is 5.98. The predicted molar refractivity (Wildman–Crippen MR) is 67.5 cm³/mol. The van der Waals surface area contributed by atoms with Crippen LogP contribution in [0.2, 0.25) is 0 Å². The van der Waals surface area contributed by atoms with E-state index in [2.05, 4.69) is 5.32 Å². The van der Waals surface area contributed by atoms with Crippen molar-refractivity contribution in [2.45, 2.75) is 24.8 Å². The Morgan fingerprint density at radius 1 is 1.53 bits per heavy atom. The average molecular weight is 290 g/mol. The van der Waals surface area contributed by atoms with Gasteiger partial charge in [-0.15, -0.1) is 0 Å². The largest absolute Gasteiger partial charge is 0.464 e. The fraction of sp³-hybridized carbons (Fsp3) is 0.364. The van der Waals surface area contributed by atoms with E-state index in [1.54, 1.807) is 6.92 Å². The van der Waals surface area contributed by atoms with Crippen molar-refractivity contribution in [3.8, 4) is 0 Å². The Labute approximate surface area is 110 Å². The molecule has 1 rings (SSSR count). The molecule has 6 nitrogen and oxygen atoms in total. The molecule has 0 amide bonds. The van der Waals surface area contributed by atoms with Gasteiger partial charge in [0.05, 0.1) is 17.2 Å². The minimum atomic E-state index is -3.95. The number of hydrogen-bond donors (Lipinski definition) is 2. The number of carbonyl (C=O) groups excluding carboxylic acids is 1. The number of ether oxygens (including phenoxy) is 1. The molecule has 1 atom stereocenters. The van der Waals surface area contributed by atoms with Gasteiger partial charge >= 0.3 is 5.97 Å². The highest BCUT2D eigenvalue weighted by Crippen LogP contribution is 2.19. The highest BCUT2D eigenvalue weighted by Gasteiger charge is 2.17. The summed E-state index contributed by atoms with van der Waals surface area (Å²) >= 11 is 0. The third-order valence-electron chi connectivity index (χ3n) is 2.28. The van der Waals surface area contributed by atoms with Gasteiger partial charge in [0.15, 0.2) is 0 Å². The van der Waals surface area contributed by atoms with Crippen molar-refractivity contribution in [1.29, 1.82) is 0 Å². The first kappa shape index (κ1) is 15.4. The molecule has 106 valence electrons. The maximum Gasteiger partial charge on any atom is 0.328 e. The van der Waals surface area contributed by atoms with Gasteiger partial charge in [-0.1, -0.05) is 0 Å². The van der Waals surface area contributed by atoms with Crippen molar-refractivity contribution in [2.24, 2.45) is 5.14 Å². The maximum absolute atomic E-state index is 13.7. The summed E-state index contributed by atoms with van der Waals surface area (Å²) in [6.07, 6.45) is 0. The molecule has 3 N–H and O–H groups in total. The molecule has 19 heavy (non-hydrogen) atoms. The summed E-state index contributed by atoms with van der Waals surface area (Å²) in [5.41, 5.74) is -0.00652. The lowest BCUT2D eigenvalue weighted by atomic mass is 10.2. The second-order valence-electron chi connectivity index (χ2n) is 3.80. The molecule has 1 aromatic rings. The summed E-state index contributed by atoms with van der Waals surface area (Å²) in [5, 5.41) is 7.46. The zero-order valence-corrected chi connectivity index (χ0v) is 11.3. The molecule has 1 aromatic carbocycles. The number of rotatable bonds is 5. The fourth-order valence-corrected chi connectivity index (χ4v) is 1.87. The lowest BCUT2D eigenvalue weighted by molar-refractivity contribution is -0.143. The van der Waals surface area contributed by atoms with Crippen LogP contribution in [-0.4, -0.2) is 27.0 Å². The van der Waals surface area contributed by atoms with Crippen molar-refractivity contribution in [1.82, 2.24) is 0 Å². The van der Waals surface area contributed by atoms with E-state index >= 15 is 0 Å². The molecule has 0 aliphatic carbocycles. The van der Waals surface area contributed by atoms with E-state index in [0.717, 1.165) is 12.1 Å². The molecule has 8 heteroatoms. The lowest BCUT2D eigenvalue weighted by Crippen LogP contribution is -2.28. The number of anilines is 1. The van der Waals surface area contributed by atoms with Gasteiger partial charge in [-0.25, -0.2) is 22.7 Å². The van der Waals surface area contributed by atoms with E-state index in [-0.39, 0.29) is 17.2 Å². The van der Waals surface area contributed by atoms with Gasteiger partial charge in [0.1, 0.15) is 11.9 Å². The molecule has 0 saturated heterocycles. The minimum Gasteiger partial charge on any atom is -0.464 e. The van der Waals surface area contributed by atoms with E-state index in [0.29, 0.717) is 0 Å². The number of nitrogens with two attached hydrogens (primary N) is 1. The Bertz CT molecular complexity index is 574. The number of benzene rings is 1. The Morgan fingerprint density at radius 3 is 2.63 bits per heavy atom. The SMILES string of the molecule is CCOC(=O)C(C)Nc1ccc(S(N)(=O)=O)cc1F. The van der Waals surface area contributed by atoms with Crippen molar-refractivity contribution >= 4 is 21.7 Å². The molecule has 0 heterocycles. The number of carbonyl (C=O) groups is 1. The first-order valence-corrected chi connectivity index (χ1v) is 7.06. The lowest BCUT2D eigenvalue weighted by Gasteiger charge is -2.14. The van der Waals surface area contributed by atoms with Crippen LogP contribution in [0.1, 0.15) is 13.8 Å². The van der Waals surface area contributed by atoms with Crippen LogP contribution in [0.4, 0.5) is 10.1 Å². The topological polar surface area (TPSA) is 98.5 Å². The van der Waals surface area contributed by atoms with Crippen LogP contribution in [0.15, 0.2) is 23.1 Å². The summed E-state index contributed by atoms with van der Waals surface area (Å²) < 4.78 is 40.5. The molecule has 0 radical (unpaired) electrons. The third kappa shape index (κ3) is 4.18. The number of nitrogens with one attached hydrogen (secondary N) is 1. The molecular formula is C11H15FN2O4S. The Hall–Kier alpha value is -1.67. The molecule has 0 saturated carbocycles. The molecule has 0 aliphatic rings. The van der Waals surface area contributed by atoms with Crippen LogP contribution in [0.25, 0.3) is 0 Å².